The summed E-state index contributed by atoms with van der Waals surface area (Å²) in [4.78, 5) is 39.3. The summed E-state index contributed by atoms with van der Waals surface area (Å²) in [5, 5.41) is 9.09. The lowest BCUT2D eigenvalue weighted by Gasteiger charge is -2.30. The molecule has 0 spiro atoms. The number of carbonyl (C=O) groups excluding carboxylic acids is 2. The van der Waals surface area contributed by atoms with Gasteiger partial charge in [0.2, 0.25) is 17.8 Å². The van der Waals surface area contributed by atoms with E-state index in [1.54, 1.807) is 42.6 Å². The van der Waals surface area contributed by atoms with Crippen molar-refractivity contribution in [3.05, 3.63) is 96.5 Å². The maximum Gasteiger partial charge on any atom is 0.247 e. The number of rotatable bonds is 11. The van der Waals surface area contributed by atoms with Gasteiger partial charge < -0.3 is 26.6 Å². The van der Waals surface area contributed by atoms with E-state index in [0.717, 1.165) is 5.56 Å². The smallest absolute Gasteiger partial charge is 0.247 e. The highest BCUT2D eigenvalue weighted by Gasteiger charge is 2.23. The van der Waals surface area contributed by atoms with Gasteiger partial charge in [0.25, 0.3) is 0 Å². The zero-order valence-corrected chi connectivity index (χ0v) is 21.7. The van der Waals surface area contributed by atoms with Crippen molar-refractivity contribution in [1.82, 2.24) is 14.9 Å². The topological polar surface area (TPSA) is 138 Å². The summed E-state index contributed by atoms with van der Waals surface area (Å²) in [6.45, 7) is 7.38. The first kappa shape index (κ1) is 27.6. The normalized spacial score (nSPS) is 12.0. The van der Waals surface area contributed by atoms with Gasteiger partial charge in [0.1, 0.15) is 5.82 Å². The first-order valence-corrected chi connectivity index (χ1v) is 11.9. The predicted octanol–water partition coefficient (Wildman–Crippen LogP) is 4.37. The van der Waals surface area contributed by atoms with Crippen LogP contribution in [0.2, 0.25) is 0 Å². The van der Waals surface area contributed by atoms with Crippen molar-refractivity contribution in [3.63, 3.8) is 0 Å². The average molecular weight is 513 g/mol. The standard InChI is InChI=1S/C28H32N8O2/c1-5-26(38)32-22-12-9-13-23(14-22)33-27-25(17-31-28(35-27)34-24(15-29)16-30-4)19(2)36(20(3)37)18-21-10-7-6-8-11-21/h5-17,19H,1,18,29H2,2-4H3,(H,32,38)(H2,31,33,34,35). The molecule has 10 nitrogen and oxygen atoms in total. The molecule has 1 heterocycles. The molecular weight excluding hydrogens is 480 g/mol. The maximum absolute atomic E-state index is 12.7. The van der Waals surface area contributed by atoms with Crippen LogP contribution in [0.3, 0.4) is 0 Å². The van der Waals surface area contributed by atoms with Gasteiger partial charge >= 0.3 is 0 Å². The molecule has 0 saturated heterocycles. The van der Waals surface area contributed by atoms with Crippen LogP contribution in [0.5, 0.6) is 0 Å². The van der Waals surface area contributed by atoms with Crippen molar-refractivity contribution in [3.8, 4) is 0 Å². The Morgan fingerprint density at radius 1 is 1.13 bits per heavy atom. The fraction of sp³-hybridized carbons (Fsp3) is 0.179. The van der Waals surface area contributed by atoms with Crippen LogP contribution in [0.25, 0.3) is 0 Å². The molecule has 0 fully saturated rings. The monoisotopic (exact) mass is 512 g/mol. The second-order valence-electron chi connectivity index (χ2n) is 8.34. The SMILES string of the molecule is C=CC(=O)Nc1cccc(Nc2nc(NC(C=NC)=CN)ncc2C(C)N(Cc2ccccc2)C(C)=O)c1. The highest BCUT2D eigenvalue weighted by molar-refractivity contribution is 5.99. The molecule has 0 bridgehead atoms. The van der Waals surface area contributed by atoms with Gasteiger partial charge in [-0.3, -0.25) is 14.6 Å². The van der Waals surface area contributed by atoms with Crippen LogP contribution in [0.1, 0.15) is 31.0 Å². The minimum Gasteiger partial charge on any atom is -0.403 e. The van der Waals surface area contributed by atoms with Crippen LogP contribution in [0.15, 0.2) is 90.3 Å². The number of aliphatic imine (C=N–C) groups is 1. The minimum atomic E-state index is -0.366. The van der Waals surface area contributed by atoms with Crippen LogP contribution in [-0.4, -0.2) is 39.9 Å². The molecule has 1 aromatic heterocycles. The molecule has 1 atom stereocenters. The summed E-state index contributed by atoms with van der Waals surface area (Å²) in [6.07, 6.45) is 5.79. The Bertz CT molecular complexity index is 1340. The molecule has 3 aromatic rings. The van der Waals surface area contributed by atoms with Gasteiger partial charge in [0.05, 0.1) is 11.7 Å². The van der Waals surface area contributed by atoms with Crippen LogP contribution in [-0.2, 0) is 16.1 Å². The largest absolute Gasteiger partial charge is 0.403 e. The summed E-state index contributed by atoms with van der Waals surface area (Å²) in [6, 6.07) is 16.6. The second-order valence-corrected chi connectivity index (χ2v) is 8.34. The first-order chi connectivity index (χ1) is 18.3. The van der Waals surface area contributed by atoms with E-state index in [1.165, 1.54) is 19.2 Å². The molecule has 2 aromatic carbocycles. The zero-order chi connectivity index (χ0) is 27.5. The molecule has 0 radical (unpaired) electrons. The number of aromatic nitrogens is 2. The van der Waals surface area contributed by atoms with E-state index < -0.39 is 0 Å². The number of nitrogens with two attached hydrogens (primary N) is 1. The second kappa shape index (κ2) is 13.4. The first-order valence-electron chi connectivity index (χ1n) is 11.9. The molecule has 1 unspecified atom stereocenters. The molecule has 3 rings (SSSR count). The van der Waals surface area contributed by atoms with E-state index in [1.807, 2.05) is 43.3 Å². The minimum absolute atomic E-state index is 0.0869. The molecule has 0 aliphatic heterocycles. The van der Waals surface area contributed by atoms with E-state index >= 15 is 0 Å². The van der Waals surface area contributed by atoms with Crippen molar-refractivity contribution in [2.24, 2.45) is 10.7 Å². The van der Waals surface area contributed by atoms with Crippen molar-refractivity contribution in [2.45, 2.75) is 26.4 Å². The molecule has 10 heteroatoms. The number of nitrogens with one attached hydrogen (secondary N) is 3. The van der Waals surface area contributed by atoms with Crippen molar-refractivity contribution < 1.29 is 9.59 Å². The fourth-order valence-electron chi connectivity index (χ4n) is 3.72. The van der Waals surface area contributed by atoms with E-state index in [4.69, 9.17) is 5.73 Å². The Morgan fingerprint density at radius 2 is 1.87 bits per heavy atom. The highest BCUT2D eigenvalue weighted by Crippen LogP contribution is 2.31. The van der Waals surface area contributed by atoms with Crippen molar-refractivity contribution in [1.29, 1.82) is 0 Å². The van der Waals surface area contributed by atoms with Gasteiger partial charge in [-0.25, -0.2) is 4.98 Å². The molecule has 38 heavy (non-hydrogen) atoms. The summed E-state index contributed by atoms with van der Waals surface area (Å²) < 4.78 is 0. The fourth-order valence-corrected chi connectivity index (χ4v) is 3.72. The van der Waals surface area contributed by atoms with Gasteiger partial charge in [-0.2, -0.15) is 4.98 Å². The van der Waals surface area contributed by atoms with Crippen LogP contribution < -0.4 is 21.7 Å². The molecule has 5 N–H and O–H groups in total. The van der Waals surface area contributed by atoms with Crippen molar-refractivity contribution in [2.75, 3.05) is 23.0 Å². The Balaban J connectivity index is 2.01. The summed E-state index contributed by atoms with van der Waals surface area (Å²) in [5.74, 6) is 0.359. The lowest BCUT2D eigenvalue weighted by atomic mass is 10.1. The number of allylic oxidation sites excluding steroid dienone is 1. The highest BCUT2D eigenvalue weighted by atomic mass is 16.2. The number of carbonyl (C=O) groups is 2. The van der Waals surface area contributed by atoms with E-state index in [-0.39, 0.29) is 23.8 Å². The van der Waals surface area contributed by atoms with Crippen LogP contribution in [0.4, 0.5) is 23.1 Å². The Kier molecular flexibility index (Phi) is 9.70. The van der Waals surface area contributed by atoms with Crippen LogP contribution in [0, 0.1) is 0 Å². The number of amides is 2. The number of hydrogen-bond donors (Lipinski definition) is 4. The predicted molar refractivity (Wildman–Crippen MR) is 152 cm³/mol. The number of benzene rings is 2. The number of anilines is 4. The van der Waals surface area contributed by atoms with Gasteiger partial charge in [0, 0.05) is 56.1 Å². The molecule has 196 valence electrons. The van der Waals surface area contributed by atoms with Crippen LogP contribution >= 0.6 is 0 Å². The summed E-state index contributed by atoms with van der Waals surface area (Å²) in [7, 11) is 1.63. The third-order valence-electron chi connectivity index (χ3n) is 5.62. The quantitative estimate of drug-likeness (QED) is 0.221. The van der Waals surface area contributed by atoms with Crippen molar-refractivity contribution >= 4 is 41.2 Å². The van der Waals surface area contributed by atoms with E-state index in [9.17, 15) is 9.59 Å². The lowest BCUT2D eigenvalue weighted by Crippen LogP contribution is -2.31. The molecule has 2 amide bonds. The van der Waals surface area contributed by atoms with Gasteiger partial charge in [0.15, 0.2) is 0 Å². The number of hydrogen-bond acceptors (Lipinski definition) is 8. The average Bonchev–Trinajstić information content (AvgIpc) is 2.92. The molecular formula is C28H32N8O2. The Morgan fingerprint density at radius 3 is 2.53 bits per heavy atom. The molecule has 0 aliphatic carbocycles. The van der Waals surface area contributed by atoms with E-state index in [0.29, 0.717) is 35.0 Å². The zero-order valence-electron chi connectivity index (χ0n) is 21.7. The van der Waals surface area contributed by atoms with Gasteiger partial charge in [-0.1, -0.05) is 43.0 Å². The summed E-state index contributed by atoms with van der Waals surface area (Å²) >= 11 is 0. The molecule has 0 saturated carbocycles. The lowest BCUT2D eigenvalue weighted by molar-refractivity contribution is -0.131. The van der Waals surface area contributed by atoms with Gasteiger partial charge in [-0.05, 0) is 36.8 Å². The Labute approximate surface area is 222 Å². The summed E-state index contributed by atoms with van der Waals surface area (Å²) in [5.41, 5.74) is 9.17. The van der Waals surface area contributed by atoms with E-state index in [2.05, 4.69) is 37.5 Å². The number of nitrogens with zero attached hydrogens (tertiary/aromatic N) is 4. The maximum atomic E-state index is 12.7. The Hall–Kier alpha value is -4.99. The molecule has 0 aliphatic rings. The van der Waals surface area contributed by atoms with Gasteiger partial charge in [-0.15, -0.1) is 0 Å². The third kappa shape index (κ3) is 7.50. The third-order valence-corrected chi connectivity index (χ3v) is 5.62.